The molecule has 0 spiro atoms. The number of rotatable bonds is 6. The lowest BCUT2D eigenvalue weighted by Crippen LogP contribution is -2.57. The summed E-state index contributed by atoms with van der Waals surface area (Å²) in [4.78, 5) is 11.9. The van der Waals surface area contributed by atoms with Gasteiger partial charge in [-0.2, -0.15) is 0 Å². The van der Waals surface area contributed by atoms with E-state index >= 15 is 0 Å². The molecule has 0 aromatic heterocycles. The number of hydrogen-bond donors (Lipinski definition) is 1. The monoisotopic (exact) mass is 460 g/mol. The van der Waals surface area contributed by atoms with Gasteiger partial charge in [-0.05, 0) is 55.7 Å². The van der Waals surface area contributed by atoms with E-state index in [0.29, 0.717) is 5.92 Å². The highest BCUT2D eigenvalue weighted by molar-refractivity contribution is 8.00. The molecule has 3 aromatic carbocycles. The molecule has 2 aliphatic rings. The van der Waals surface area contributed by atoms with Gasteiger partial charge in [0.1, 0.15) is 11.7 Å². The Morgan fingerprint density at radius 1 is 0.848 bits per heavy atom. The molecule has 2 bridgehead atoms. The first-order valence-corrected chi connectivity index (χ1v) is 12.8. The molecule has 172 valence electrons. The molecular weight excluding hydrogens is 428 g/mol. The molecule has 33 heavy (non-hydrogen) atoms. The van der Waals surface area contributed by atoms with Crippen molar-refractivity contribution < 1.29 is 14.9 Å². The fourth-order valence-corrected chi connectivity index (χ4v) is 7.05. The van der Waals surface area contributed by atoms with Crippen LogP contribution in [0.4, 0.5) is 0 Å². The van der Waals surface area contributed by atoms with Gasteiger partial charge in [-0.1, -0.05) is 91.0 Å². The molecular formula is C29H32O3S. The first-order chi connectivity index (χ1) is 15.9. The molecule has 0 radical (unpaired) electrons. The highest BCUT2D eigenvalue weighted by Gasteiger charge is 2.53. The third-order valence-electron chi connectivity index (χ3n) is 7.53. The fraction of sp³-hybridized carbons (Fsp3) is 0.379. The number of aliphatic hydroxyl groups is 1. The minimum absolute atomic E-state index is 0.253. The van der Waals surface area contributed by atoms with Gasteiger partial charge >= 0.3 is 0 Å². The van der Waals surface area contributed by atoms with Gasteiger partial charge in [-0.25, -0.2) is 9.78 Å². The summed E-state index contributed by atoms with van der Waals surface area (Å²) >= 11 is 1.91. The Bertz CT molecular complexity index is 957. The third kappa shape index (κ3) is 4.15. The molecule has 3 nitrogen and oxygen atoms in total. The number of benzene rings is 3. The van der Waals surface area contributed by atoms with Gasteiger partial charge in [0, 0.05) is 5.75 Å². The van der Waals surface area contributed by atoms with E-state index in [1.807, 2.05) is 18.7 Å². The Morgan fingerprint density at radius 2 is 1.33 bits per heavy atom. The van der Waals surface area contributed by atoms with Crippen LogP contribution in [-0.4, -0.2) is 28.2 Å². The SMILES string of the molecule is CC1(O)CCC2CC1OO[C@@]2(C)CSC(c1ccccc1)(c1ccccc1)c1ccccc1. The molecule has 4 heteroatoms. The van der Waals surface area contributed by atoms with Gasteiger partial charge in [-0.3, -0.25) is 0 Å². The van der Waals surface area contributed by atoms with Crippen LogP contribution in [0.15, 0.2) is 91.0 Å². The second kappa shape index (κ2) is 8.92. The zero-order valence-corrected chi connectivity index (χ0v) is 20.1. The summed E-state index contributed by atoms with van der Waals surface area (Å²) in [7, 11) is 0. The van der Waals surface area contributed by atoms with Crippen molar-refractivity contribution in [2.24, 2.45) is 5.92 Å². The average molecular weight is 461 g/mol. The molecule has 3 aromatic rings. The Morgan fingerprint density at radius 3 is 1.82 bits per heavy atom. The molecule has 1 saturated heterocycles. The fourth-order valence-electron chi connectivity index (χ4n) is 5.35. The molecule has 2 fully saturated rings. The summed E-state index contributed by atoms with van der Waals surface area (Å²) < 4.78 is -0.382. The van der Waals surface area contributed by atoms with Crippen LogP contribution >= 0.6 is 11.8 Å². The highest BCUT2D eigenvalue weighted by Crippen LogP contribution is 2.53. The molecule has 1 aliphatic carbocycles. The zero-order chi connectivity index (χ0) is 22.9. The third-order valence-corrected chi connectivity index (χ3v) is 9.38. The van der Waals surface area contributed by atoms with E-state index in [9.17, 15) is 5.11 Å². The van der Waals surface area contributed by atoms with Crippen LogP contribution in [0.25, 0.3) is 0 Å². The zero-order valence-electron chi connectivity index (χ0n) is 19.3. The summed E-state index contributed by atoms with van der Waals surface area (Å²) in [6.07, 6.45) is 2.27. The van der Waals surface area contributed by atoms with Crippen LogP contribution in [0.2, 0.25) is 0 Å². The van der Waals surface area contributed by atoms with Crippen molar-refractivity contribution in [3.05, 3.63) is 108 Å². The van der Waals surface area contributed by atoms with Crippen LogP contribution in [0.5, 0.6) is 0 Å². The maximum atomic E-state index is 10.7. The van der Waals surface area contributed by atoms with Crippen molar-refractivity contribution in [3.8, 4) is 0 Å². The van der Waals surface area contributed by atoms with Gasteiger partial charge in [0.25, 0.3) is 0 Å². The first kappa shape index (κ1) is 22.7. The molecule has 1 aliphatic heterocycles. The predicted molar refractivity (Wildman–Crippen MR) is 134 cm³/mol. The molecule has 1 heterocycles. The minimum atomic E-state index is -0.813. The summed E-state index contributed by atoms with van der Waals surface area (Å²) in [5.74, 6) is 1.12. The van der Waals surface area contributed by atoms with Crippen molar-refractivity contribution in [2.45, 2.75) is 55.2 Å². The van der Waals surface area contributed by atoms with Crippen molar-refractivity contribution in [2.75, 3.05) is 5.75 Å². The molecule has 4 atom stereocenters. The molecule has 5 rings (SSSR count). The van der Waals surface area contributed by atoms with Gasteiger partial charge in [0.05, 0.1) is 10.3 Å². The van der Waals surface area contributed by atoms with Gasteiger partial charge in [0.15, 0.2) is 0 Å². The summed E-state index contributed by atoms with van der Waals surface area (Å²) in [5.41, 5.74) is 2.50. The second-order valence-electron chi connectivity index (χ2n) is 9.88. The van der Waals surface area contributed by atoms with Gasteiger partial charge < -0.3 is 5.11 Å². The van der Waals surface area contributed by atoms with Crippen molar-refractivity contribution >= 4 is 11.8 Å². The normalized spacial score (nSPS) is 29.5. The largest absolute Gasteiger partial charge is 0.387 e. The Labute approximate surface area is 201 Å². The maximum Gasteiger partial charge on any atom is 0.122 e. The van der Waals surface area contributed by atoms with Crippen molar-refractivity contribution in [1.82, 2.24) is 0 Å². The molecule has 0 amide bonds. The van der Waals surface area contributed by atoms with Crippen molar-refractivity contribution in [3.63, 3.8) is 0 Å². The number of thioether (sulfide) groups is 1. The van der Waals surface area contributed by atoms with Gasteiger partial charge in [0.2, 0.25) is 0 Å². The van der Waals surface area contributed by atoms with E-state index < -0.39 is 11.2 Å². The smallest absolute Gasteiger partial charge is 0.122 e. The van der Waals surface area contributed by atoms with E-state index in [2.05, 4.69) is 97.9 Å². The highest BCUT2D eigenvalue weighted by atomic mass is 32.2. The Hall–Kier alpha value is -2.11. The topological polar surface area (TPSA) is 38.7 Å². The van der Waals surface area contributed by atoms with Crippen LogP contribution in [-0.2, 0) is 14.5 Å². The van der Waals surface area contributed by atoms with E-state index in [-0.39, 0.29) is 10.9 Å². The van der Waals surface area contributed by atoms with E-state index in [0.717, 1.165) is 25.0 Å². The quantitative estimate of drug-likeness (QED) is 0.344. The van der Waals surface area contributed by atoms with E-state index in [1.165, 1.54) is 16.7 Å². The van der Waals surface area contributed by atoms with E-state index in [1.54, 1.807) is 0 Å². The molecule has 1 saturated carbocycles. The van der Waals surface area contributed by atoms with Crippen LogP contribution in [0, 0.1) is 5.92 Å². The summed E-state index contributed by atoms with van der Waals surface area (Å²) in [6, 6.07) is 32.3. The lowest BCUT2D eigenvalue weighted by molar-refractivity contribution is -0.441. The maximum absolute atomic E-state index is 10.7. The van der Waals surface area contributed by atoms with Crippen LogP contribution < -0.4 is 0 Å². The summed E-state index contributed by atoms with van der Waals surface area (Å²) in [6.45, 7) is 4.03. The average Bonchev–Trinajstić information content (AvgIpc) is 2.86. The number of hydrogen-bond acceptors (Lipinski definition) is 4. The Balaban J connectivity index is 1.55. The first-order valence-electron chi connectivity index (χ1n) is 11.8. The minimum Gasteiger partial charge on any atom is -0.387 e. The summed E-state index contributed by atoms with van der Waals surface area (Å²) in [5, 5.41) is 10.7. The molecule has 3 unspecified atom stereocenters. The molecule has 1 N–H and O–H groups in total. The van der Waals surface area contributed by atoms with Gasteiger partial charge in [-0.15, -0.1) is 11.8 Å². The lowest BCUT2D eigenvalue weighted by atomic mass is 9.71. The Kier molecular flexibility index (Phi) is 6.13. The second-order valence-corrected chi connectivity index (χ2v) is 11.1. The predicted octanol–water partition coefficient (Wildman–Crippen LogP) is 6.35. The van der Waals surface area contributed by atoms with Crippen LogP contribution in [0.1, 0.15) is 49.8 Å². The van der Waals surface area contributed by atoms with E-state index in [4.69, 9.17) is 9.78 Å². The lowest BCUT2D eigenvalue weighted by Gasteiger charge is -2.51. The van der Waals surface area contributed by atoms with Crippen LogP contribution in [0.3, 0.4) is 0 Å². The van der Waals surface area contributed by atoms with Crippen molar-refractivity contribution in [1.29, 1.82) is 0 Å². The number of fused-ring (bicyclic) bond motifs is 2. The standard InChI is InChI=1S/C29H32O3S/c1-27(30)19-18-25-20-26(27)31-32-28(25,2)21-33-29(22-12-6-3-7-13-22,23-14-8-4-9-15-23)24-16-10-5-11-17-24/h3-17,25-26,30H,18-21H2,1-2H3/t25?,26?,27?,28-/m0/s1.